The van der Waals surface area contributed by atoms with Crippen LogP contribution in [0.5, 0.6) is 5.75 Å². The van der Waals surface area contributed by atoms with Gasteiger partial charge in [-0.2, -0.15) is 0 Å². The van der Waals surface area contributed by atoms with Gasteiger partial charge in [-0.1, -0.05) is 24.3 Å². The Kier molecular flexibility index (Phi) is 8.35. The number of rotatable bonds is 8. The molecule has 4 rings (SSSR count). The highest BCUT2D eigenvalue weighted by molar-refractivity contribution is 7.09. The minimum atomic E-state index is -0.513. The lowest BCUT2D eigenvalue weighted by Gasteiger charge is -2.11. The summed E-state index contributed by atoms with van der Waals surface area (Å²) in [5.74, 6) is -0.216. The fraction of sp³-hybridized carbons (Fsp3) is 0.0741. The molecule has 37 heavy (non-hydrogen) atoms. The number of benzene rings is 3. The standard InChI is InChI=1S/C27H24N4O5S/c32-23-12-10-20(11-13-23)30-26(34)31-22-4-1-3-21(15-22)29-25(33)19-8-6-18(7-9-19)16-28-27(35)36-17-24-5-2-14-37-24/h1-15,32H,16-17H2,(H,28,35)(H,29,33)(H2,30,31,34). The van der Waals surface area contributed by atoms with Crippen LogP contribution in [0.1, 0.15) is 20.8 Å². The highest BCUT2D eigenvalue weighted by Gasteiger charge is 2.09. The van der Waals surface area contributed by atoms with E-state index >= 15 is 0 Å². The van der Waals surface area contributed by atoms with Gasteiger partial charge in [0.05, 0.1) is 0 Å². The second-order valence-electron chi connectivity index (χ2n) is 7.87. The Morgan fingerprint density at radius 2 is 1.49 bits per heavy atom. The Hall–Kier alpha value is -4.83. The van der Waals surface area contributed by atoms with Crippen LogP contribution < -0.4 is 21.3 Å². The van der Waals surface area contributed by atoms with Crippen LogP contribution in [-0.2, 0) is 17.9 Å². The molecule has 0 saturated carbocycles. The van der Waals surface area contributed by atoms with Crippen LogP contribution >= 0.6 is 11.3 Å². The number of aromatic hydroxyl groups is 1. The van der Waals surface area contributed by atoms with E-state index in [4.69, 9.17) is 4.74 Å². The van der Waals surface area contributed by atoms with Gasteiger partial charge < -0.3 is 31.1 Å². The van der Waals surface area contributed by atoms with Crippen molar-refractivity contribution in [3.63, 3.8) is 0 Å². The van der Waals surface area contributed by atoms with E-state index < -0.39 is 12.1 Å². The van der Waals surface area contributed by atoms with Gasteiger partial charge in [-0.3, -0.25) is 4.79 Å². The number of anilines is 3. The van der Waals surface area contributed by atoms with Crippen molar-refractivity contribution in [1.29, 1.82) is 0 Å². The number of nitrogens with one attached hydrogen (secondary N) is 4. The van der Waals surface area contributed by atoms with Crippen LogP contribution in [0, 0.1) is 0 Å². The molecule has 0 saturated heterocycles. The zero-order valence-electron chi connectivity index (χ0n) is 19.6. The van der Waals surface area contributed by atoms with Crippen LogP contribution in [0.3, 0.4) is 0 Å². The summed E-state index contributed by atoms with van der Waals surface area (Å²) in [6.45, 7) is 0.494. The number of urea groups is 1. The molecule has 0 atom stereocenters. The summed E-state index contributed by atoms with van der Waals surface area (Å²) >= 11 is 1.52. The Labute approximate surface area is 217 Å². The molecular formula is C27H24N4O5S. The molecule has 4 amide bonds. The van der Waals surface area contributed by atoms with E-state index in [1.54, 1.807) is 60.7 Å². The van der Waals surface area contributed by atoms with Crippen LogP contribution in [0.15, 0.2) is 90.3 Å². The van der Waals surface area contributed by atoms with E-state index in [9.17, 15) is 19.5 Å². The zero-order chi connectivity index (χ0) is 26.0. The Balaban J connectivity index is 1.25. The molecule has 0 aliphatic heterocycles. The molecule has 0 bridgehead atoms. The summed E-state index contributed by atoms with van der Waals surface area (Å²) in [4.78, 5) is 37.7. The molecule has 1 aromatic heterocycles. The topological polar surface area (TPSA) is 129 Å². The van der Waals surface area contributed by atoms with Crippen molar-refractivity contribution in [2.45, 2.75) is 13.2 Å². The summed E-state index contributed by atoms with van der Waals surface area (Å²) in [5, 5.41) is 22.1. The average molecular weight is 517 g/mol. The van der Waals surface area contributed by atoms with Crippen LogP contribution in [-0.4, -0.2) is 23.1 Å². The number of phenols is 1. The van der Waals surface area contributed by atoms with E-state index in [1.165, 1.54) is 23.5 Å². The number of carbonyl (C=O) groups excluding carboxylic acids is 3. The molecule has 5 N–H and O–H groups in total. The van der Waals surface area contributed by atoms with E-state index in [0.29, 0.717) is 22.6 Å². The predicted octanol–water partition coefficient (Wildman–Crippen LogP) is 5.78. The maximum absolute atomic E-state index is 12.7. The third-order valence-electron chi connectivity index (χ3n) is 5.08. The molecule has 0 aliphatic rings. The summed E-state index contributed by atoms with van der Waals surface area (Å²) in [5.41, 5.74) is 2.77. The highest BCUT2D eigenvalue weighted by atomic mass is 32.1. The normalized spacial score (nSPS) is 10.3. The molecule has 10 heteroatoms. The van der Waals surface area contributed by atoms with E-state index in [1.807, 2.05) is 17.5 Å². The number of phenolic OH excluding ortho intramolecular Hbond substituents is 1. The smallest absolute Gasteiger partial charge is 0.407 e. The summed E-state index contributed by atoms with van der Waals surface area (Å²) in [6.07, 6.45) is -0.513. The number of amides is 4. The number of carbonyl (C=O) groups is 3. The third-order valence-corrected chi connectivity index (χ3v) is 5.93. The summed E-state index contributed by atoms with van der Waals surface area (Å²) in [6, 6.07) is 23.0. The zero-order valence-corrected chi connectivity index (χ0v) is 20.4. The quantitative estimate of drug-likeness (QED) is 0.190. The van der Waals surface area contributed by atoms with Crippen molar-refractivity contribution in [3.05, 3.63) is 106 Å². The van der Waals surface area contributed by atoms with Gasteiger partial charge in [0.2, 0.25) is 0 Å². The number of hydrogen-bond acceptors (Lipinski definition) is 6. The molecule has 0 aliphatic carbocycles. The molecule has 3 aromatic carbocycles. The van der Waals surface area contributed by atoms with E-state index in [2.05, 4.69) is 21.3 Å². The summed E-state index contributed by atoms with van der Waals surface area (Å²) < 4.78 is 5.16. The maximum atomic E-state index is 12.7. The van der Waals surface area contributed by atoms with Crippen LogP contribution in [0.4, 0.5) is 26.7 Å². The Morgan fingerprint density at radius 1 is 0.784 bits per heavy atom. The Bertz CT molecular complexity index is 1360. The fourth-order valence-electron chi connectivity index (χ4n) is 3.25. The average Bonchev–Trinajstić information content (AvgIpc) is 3.42. The molecule has 4 aromatic rings. The van der Waals surface area contributed by atoms with Crippen LogP contribution in [0.25, 0.3) is 0 Å². The van der Waals surface area contributed by atoms with E-state index in [0.717, 1.165) is 10.4 Å². The molecule has 0 spiro atoms. The van der Waals surface area contributed by atoms with Gasteiger partial charge in [-0.15, -0.1) is 11.3 Å². The monoisotopic (exact) mass is 516 g/mol. The largest absolute Gasteiger partial charge is 0.508 e. The highest BCUT2D eigenvalue weighted by Crippen LogP contribution is 2.18. The number of hydrogen-bond donors (Lipinski definition) is 5. The lowest BCUT2D eigenvalue weighted by atomic mass is 10.1. The first-order chi connectivity index (χ1) is 17.9. The van der Waals surface area contributed by atoms with Gasteiger partial charge in [-0.25, -0.2) is 9.59 Å². The van der Waals surface area contributed by atoms with Gasteiger partial charge in [0.25, 0.3) is 5.91 Å². The number of alkyl carbamates (subject to hydrolysis) is 1. The van der Waals surface area contributed by atoms with Gasteiger partial charge in [0.1, 0.15) is 12.4 Å². The van der Waals surface area contributed by atoms with Crippen molar-refractivity contribution in [2.24, 2.45) is 0 Å². The molecule has 1 heterocycles. The van der Waals surface area contributed by atoms with E-state index in [-0.39, 0.29) is 24.8 Å². The lowest BCUT2D eigenvalue weighted by molar-refractivity contribution is 0.102. The molecule has 188 valence electrons. The summed E-state index contributed by atoms with van der Waals surface area (Å²) in [7, 11) is 0. The molecule has 0 fully saturated rings. The minimum absolute atomic E-state index is 0.103. The number of ether oxygens (including phenoxy) is 1. The fourth-order valence-corrected chi connectivity index (χ4v) is 3.86. The predicted molar refractivity (Wildman–Crippen MR) is 143 cm³/mol. The molecule has 0 radical (unpaired) electrons. The minimum Gasteiger partial charge on any atom is -0.508 e. The van der Waals surface area contributed by atoms with Gasteiger partial charge in [0, 0.05) is 34.0 Å². The Morgan fingerprint density at radius 3 is 2.19 bits per heavy atom. The van der Waals surface area contributed by atoms with Gasteiger partial charge in [0.15, 0.2) is 0 Å². The van der Waals surface area contributed by atoms with Crippen molar-refractivity contribution in [1.82, 2.24) is 5.32 Å². The third kappa shape index (κ3) is 7.84. The van der Waals surface area contributed by atoms with Crippen molar-refractivity contribution < 1.29 is 24.2 Å². The van der Waals surface area contributed by atoms with Crippen molar-refractivity contribution in [3.8, 4) is 5.75 Å². The van der Waals surface area contributed by atoms with Crippen LogP contribution in [0.2, 0.25) is 0 Å². The second kappa shape index (κ2) is 12.2. The SMILES string of the molecule is O=C(Nc1ccc(O)cc1)Nc1cccc(NC(=O)c2ccc(CNC(=O)OCc3cccs3)cc2)c1. The van der Waals surface area contributed by atoms with Gasteiger partial charge in [-0.05, 0) is 71.6 Å². The van der Waals surface area contributed by atoms with Crippen molar-refractivity contribution in [2.75, 3.05) is 16.0 Å². The lowest BCUT2D eigenvalue weighted by Crippen LogP contribution is -2.23. The molecule has 0 unspecified atom stereocenters. The first-order valence-corrected chi connectivity index (χ1v) is 12.1. The first kappa shape index (κ1) is 25.3. The number of thiophene rings is 1. The molecular weight excluding hydrogens is 492 g/mol. The maximum Gasteiger partial charge on any atom is 0.407 e. The molecule has 9 nitrogen and oxygen atoms in total. The second-order valence-corrected chi connectivity index (χ2v) is 8.90. The van der Waals surface area contributed by atoms with Gasteiger partial charge >= 0.3 is 12.1 Å². The first-order valence-electron chi connectivity index (χ1n) is 11.2. The van der Waals surface area contributed by atoms with Crippen molar-refractivity contribution >= 4 is 46.4 Å².